The van der Waals surface area contributed by atoms with E-state index in [2.05, 4.69) is 47.1 Å². The molecule has 0 aliphatic rings. The number of nitrogens with zero attached hydrogens (tertiary/aromatic N) is 2. The highest BCUT2D eigenvalue weighted by atomic mass is 16.1. The number of nitrogens with one attached hydrogen (secondary N) is 1. The Balaban J connectivity index is 1.48. The number of carbonyl (C=O) groups is 1. The molecule has 4 nitrogen and oxygen atoms in total. The Labute approximate surface area is 171 Å². The normalized spacial score (nSPS) is 11.0. The van der Waals surface area contributed by atoms with Crippen LogP contribution in [-0.4, -0.2) is 15.5 Å². The van der Waals surface area contributed by atoms with Crippen LogP contribution in [0.15, 0.2) is 72.8 Å². The molecule has 0 saturated carbocycles. The smallest absolute Gasteiger partial charge is 0.255 e. The number of benzene rings is 3. The first kappa shape index (κ1) is 18.9. The van der Waals surface area contributed by atoms with Gasteiger partial charge in [0.05, 0.1) is 11.0 Å². The van der Waals surface area contributed by atoms with Crippen LogP contribution in [0, 0.1) is 6.92 Å². The van der Waals surface area contributed by atoms with Gasteiger partial charge in [-0.25, -0.2) is 4.98 Å². The number of aryl methyl sites for hydroxylation is 4. The van der Waals surface area contributed by atoms with Gasteiger partial charge in [-0.2, -0.15) is 0 Å². The zero-order valence-corrected chi connectivity index (χ0v) is 16.9. The van der Waals surface area contributed by atoms with Gasteiger partial charge in [0, 0.05) is 24.2 Å². The van der Waals surface area contributed by atoms with Crippen LogP contribution in [0.25, 0.3) is 11.0 Å². The van der Waals surface area contributed by atoms with Crippen molar-refractivity contribution in [1.82, 2.24) is 9.55 Å². The van der Waals surface area contributed by atoms with Gasteiger partial charge in [0.1, 0.15) is 5.82 Å². The number of carbonyl (C=O) groups excluding carboxylic acids is 1. The van der Waals surface area contributed by atoms with E-state index in [0.717, 1.165) is 42.0 Å². The number of rotatable bonds is 6. The van der Waals surface area contributed by atoms with Crippen LogP contribution >= 0.6 is 0 Å². The summed E-state index contributed by atoms with van der Waals surface area (Å²) in [5, 5.41) is 3.02. The monoisotopic (exact) mass is 383 g/mol. The largest absolute Gasteiger partial charge is 0.328 e. The first-order valence-corrected chi connectivity index (χ1v) is 10.1. The van der Waals surface area contributed by atoms with Crippen molar-refractivity contribution in [2.24, 2.45) is 0 Å². The molecule has 0 fully saturated rings. The van der Waals surface area contributed by atoms with E-state index in [1.807, 2.05) is 49.4 Å². The van der Waals surface area contributed by atoms with Crippen LogP contribution in [0.5, 0.6) is 0 Å². The van der Waals surface area contributed by atoms with Crippen molar-refractivity contribution >= 4 is 22.6 Å². The standard InChI is InChI=1S/C25H25N3O/c1-3-28-23-14-7-6-13-22(23)27-24(28)16-15-19-10-8-11-20(17-19)26-25(29)21-12-5-4-9-18(21)2/h4-14,17H,3,15-16H2,1-2H3,(H,26,29). The fraction of sp³-hybridized carbons (Fsp3) is 0.200. The Kier molecular flexibility index (Phi) is 5.43. The fourth-order valence-corrected chi connectivity index (χ4v) is 3.76. The summed E-state index contributed by atoms with van der Waals surface area (Å²) in [6.45, 7) is 5.01. The van der Waals surface area contributed by atoms with E-state index >= 15 is 0 Å². The summed E-state index contributed by atoms with van der Waals surface area (Å²) in [5.74, 6) is 1.02. The predicted octanol–water partition coefficient (Wildman–Crippen LogP) is 5.40. The lowest BCUT2D eigenvalue weighted by atomic mass is 10.1. The first-order valence-electron chi connectivity index (χ1n) is 10.1. The molecular weight excluding hydrogens is 358 g/mol. The third kappa shape index (κ3) is 4.06. The zero-order valence-electron chi connectivity index (χ0n) is 16.9. The first-order chi connectivity index (χ1) is 14.2. The highest BCUT2D eigenvalue weighted by molar-refractivity contribution is 6.05. The Morgan fingerprint density at radius 3 is 2.59 bits per heavy atom. The molecule has 4 aromatic rings. The number of hydrogen-bond acceptors (Lipinski definition) is 2. The van der Waals surface area contributed by atoms with Gasteiger partial charge in [-0.3, -0.25) is 4.79 Å². The topological polar surface area (TPSA) is 46.9 Å². The second-order valence-corrected chi connectivity index (χ2v) is 7.23. The number of para-hydroxylation sites is 2. The molecule has 1 N–H and O–H groups in total. The van der Waals surface area contributed by atoms with Crippen molar-refractivity contribution in [3.05, 3.63) is 95.3 Å². The van der Waals surface area contributed by atoms with Crippen LogP contribution in [0.1, 0.15) is 34.2 Å². The number of fused-ring (bicyclic) bond motifs is 1. The van der Waals surface area contributed by atoms with Crippen LogP contribution in [-0.2, 0) is 19.4 Å². The lowest BCUT2D eigenvalue weighted by Crippen LogP contribution is -2.13. The number of aromatic nitrogens is 2. The molecule has 0 atom stereocenters. The molecule has 1 aromatic heterocycles. The minimum Gasteiger partial charge on any atom is -0.328 e. The van der Waals surface area contributed by atoms with Crippen molar-refractivity contribution in [3.8, 4) is 0 Å². The minimum atomic E-state index is -0.0759. The second kappa shape index (κ2) is 8.31. The molecule has 3 aromatic carbocycles. The predicted molar refractivity (Wildman–Crippen MR) is 118 cm³/mol. The summed E-state index contributed by atoms with van der Waals surface area (Å²) in [4.78, 5) is 17.4. The third-order valence-electron chi connectivity index (χ3n) is 5.26. The molecule has 0 saturated heterocycles. The average molecular weight is 383 g/mol. The lowest BCUT2D eigenvalue weighted by Gasteiger charge is -2.10. The van der Waals surface area contributed by atoms with Gasteiger partial charge in [-0.1, -0.05) is 42.5 Å². The van der Waals surface area contributed by atoms with Gasteiger partial charge in [0.15, 0.2) is 0 Å². The maximum absolute atomic E-state index is 12.6. The maximum Gasteiger partial charge on any atom is 0.255 e. The molecule has 1 amide bonds. The summed E-state index contributed by atoms with van der Waals surface area (Å²) in [5.41, 5.74) is 5.91. The molecule has 146 valence electrons. The van der Waals surface area contributed by atoms with Gasteiger partial charge >= 0.3 is 0 Å². The molecule has 0 unspecified atom stereocenters. The van der Waals surface area contributed by atoms with E-state index in [9.17, 15) is 4.79 Å². The Hall–Kier alpha value is -3.40. The highest BCUT2D eigenvalue weighted by Gasteiger charge is 2.11. The van der Waals surface area contributed by atoms with Gasteiger partial charge < -0.3 is 9.88 Å². The van der Waals surface area contributed by atoms with Crippen LogP contribution < -0.4 is 5.32 Å². The van der Waals surface area contributed by atoms with E-state index in [1.54, 1.807) is 0 Å². The molecule has 1 heterocycles. The molecular formula is C25H25N3O. The van der Waals surface area contributed by atoms with Crippen molar-refractivity contribution in [2.75, 3.05) is 5.32 Å². The lowest BCUT2D eigenvalue weighted by molar-refractivity contribution is 0.102. The van der Waals surface area contributed by atoms with Gasteiger partial charge in [0.25, 0.3) is 5.91 Å². The molecule has 0 radical (unpaired) electrons. The van der Waals surface area contributed by atoms with Crippen LogP contribution in [0.3, 0.4) is 0 Å². The van der Waals surface area contributed by atoms with E-state index < -0.39 is 0 Å². The fourth-order valence-electron chi connectivity index (χ4n) is 3.76. The van der Waals surface area contributed by atoms with Crippen molar-refractivity contribution in [2.45, 2.75) is 33.2 Å². The van der Waals surface area contributed by atoms with E-state index in [1.165, 1.54) is 11.1 Å². The molecule has 29 heavy (non-hydrogen) atoms. The van der Waals surface area contributed by atoms with E-state index in [0.29, 0.717) is 5.56 Å². The highest BCUT2D eigenvalue weighted by Crippen LogP contribution is 2.19. The van der Waals surface area contributed by atoms with Crippen molar-refractivity contribution in [3.63, 3.8) is 0 Å². The minimum absolute atomic E-state index is 0.0759. The van der Waals surface area contributed by atoms with Crippen molar-refractivity contribution in [1.29, 1.82) is 0 Å². The Morgan fingerprint density at radius 2 is 1.76 bits per heavy atom. The molecule has 0 bridgehead atoms. The summed E-state index contributed by atoms with van der Waals surface area (Å²) in [7, 11) is 0. The van der Waals surface area contributed by atoms with E-state index in [-0.39, 0.29) is 5.91 Å². The van der Waals surface area contributed by atoms with Crippen LogP contribution in [0.4, 0.5) is 5.69 Å². The van der Waals surface area contributed by atoms with E-state index in [4.69, 9.17) is 4.98 Å². The molecule has 0 spiro atoms. The second-order valence-electron chi connectivity index (χ2n) is 7.23. The zero-order chi connectivity index (χ0) is 20.2. The Bertz CT molecular complexity index is 1160. The Morgan fingerprint density at radius 1 is 0.966 bits per heavy atom. The third-order valence-corrected chi connectivity index (χ3v) is 5.26. The summed E-state index contributed by atoms with van der Waals surface area (Å²) < 4.78 is 2.28. The van der Waals surface area contributed by atoms with Crippen molar-refractivity contribution < 1.29 is 4.79 Å². The van der Waals surface area contributed by atoms with Gasteiger partial charge in [-0.05, 0) is 61.7 Å². The van der Waals surface area contributed by atoms with Gasteiger partial charge in [-0.15, -0.1) is 0 Å². The summed E-state index contributed by atoms with van der Waals surface area (Å²) in [6, 6.07) is 24.0. The quantitative estimate of drug-likeness (QED) is 0.484. The molecule has 0 aliphatic heterocycles. The molecule has 4 rings (SSSR count). The summed E-state index contributed by atoms with van der Waals surface area (Å²) >= 11 is 0. The number of amides is 1. The number of anilines is 1. The average Bonchev–Trinajstić information content (AvgIpc) is 3.10. The van der Waals surface area contributed by atoms with Crippen LogP contribution in [0.2, 0.25) is 0 Å². The molecule has 4 heteroatoms. The SMILES string of the molecule is CCn1c(CCc2cccc(NC(=O)c3ccccc3C)c2)nc2ccccc21. The number of hydrogen-bond donors (Lipinski definition) is 1. The van der Waals surface area contributed by atoms with Gasteiger partial charge in [0.2, 0.25) is 0 Å². The summed E-state index contributed by atoms with van der Waals surface area (Å²) in [6.07, 6.45) is 1.73. The molecule has 0 aliphatic carbocycles. The maximum atomic E-state index is 12.6. The number of imidazole rings is 1.